The van der Waals surface area contributed by atoms with Crippen molar-refractivity contribution in [2.24, 2.45) is 0 Å². The lowest BCUT2D eigenvalue weighted by Crippen LogP contribution is -1.96. The third-order valence-corrected chi connectivity index (χ3v) is 7.00. The molecule has 0 amide bonds. The van der Waals surface area contributed by atoms with Gasteiger partial charge in [-0.25, -0.2) is 0 Å². The van der Waals surface area contributed by atoms with Gasteiger partial charge in [-0.2, -0.15) is 0 Å². The van der Waals surface area contributed by atoms with Crippen LogP contribution in [0, 0.1) is 0 Å². The van der Waals surface area contributed by atoms with E-state index >= 15 is 0 Å². The molecule has 4 heteroatoms. The van der Waals surface area contributed by atoms with Gasteiger partial charge in [0.25, 0.3) is 0 Å². The Labute approximate surface area is 206 Å². The number of carbonyl (C=O) groups excluding carboxylic acids is 2. The predicted octanol–water partition coefficient (Wildman–Crippen LogP) is 7.51. The number of aldehydes is 2. The largest absolute Gasteiger partial charge is 0.309 e. The minimum Gasteiger partial charge on any atom is -0.309 e. The van der Waals surface area contributed by atoms with E-state index in [1.165, 1.54) is 0 Å². The first-order chi connectivity index (χ1) is 17.8. The van der Waals surface area contributed by atoms with Crippen LogP contribution in [0.4, 0.5) is 0 Å². The van der Waals surface area contributed by atoms with E-state index in [4.69, 9.17) is 0 Å². The van der Waals surface area contributed by atoms with Crippen molar-refractivity contribution in [3.8, 4) is 11.4 Å². The highest BCUT2D eigenvalue weighted by Gasteiger charge is 2.20. The van der Waals surface area contributed by atoms with Crippen LogP contribution >= 0.6 is 0 Å². The molecule has 4 nitrogen and oxygen atoms in total. The summed E-state index contributed by atoms with van der Waals surface area (Å²) in [7, 11) is 0. The van der Waals surface area contributed by atoms with Gasteiger partial charge in [-0.15, -0.1) is 0 Å². The molecule has 0 aliphatic rings. The Morgan fingerprint density at radius 3 is 1.72 bits per heavy atom. The first-order valence-electron chi connectivity index (χ1n) is 11.8. The maximum absolute atomic E-state index is 11.6. The van der Waals surface area contributed by atoms with E-state index in [2.05, 4.69) is 57.7 Å². The first kappa shape index (κ1) is 20.4. The summed E-state index contributed by atoms with van der Waals surface area (Å²) in [5, 5.41) is 4.57. The van der Waals surface area contributed by atoms with Gasteiger partial charge in [0.15, 0.2) is 0 Å². The number of aromatic nitrogens is 2. The smallest absolute Gasteiger partial charge is 0.150 e. The highest BCUT2D eigenvalue weighted by Crippen LogP contribution is 2.41. The summed E-state index contributed by atoms with van der Waals surface area (Å²) in [6, 6.07) is 36.5. The summed E-state index contributed by atoms with van der Waals surface area (Å²) < 4.78 is 4.49. The fraction of sp³-hybridized carbons (Fsp3) is 0. The van der Waals surface area contributed by atoms with Crippen LogP contribution in [0.5, 0.6) is 0 Å². The molecule has 0 bridgehead atoms. The molecule has 2 heterocycles. The fourth-order valence-electron chi connectivity index (χ4n) is 5.53. The van der Waals surface area contributed by atoms with Crippen LogP contribution in [0.3, 0.4) is 0 Å². The Hall–Kier alpha value is -4.96. The van der Waals surface area contributed by atoms with Gasteiger partial charge in [0.05, 0.1) is 22.1 Å². The molecule has 0 unspecified atom stereocenters. The minimum atomic E-state index is 0.638. The molecule has 0 aliphatic carbocycles. The SMILES string of the molecule is O=Cc1cccc(-n2c3ccccc3c3c2ccc2c4ccccc4n(-c4cccc(C=O)c4)c23)c1. The van der Waals surface area contributed by atoms with E-state index in [9.17, 15) is 9.59 Å². The van der Waals surface area contributed by atoms with Crippen LogP contribution in [-0.2, 0) is 0 Å². The first-order valence-corrected chi connectivity index (χ1v) is 11.8. The zero-order chi connectivity index (χ0) is 24.2. The topological polar surface area (TPSA) is 44.0 Å². The van der Waals surface area contributed by atoms with Crippen molar-refractivity contribution < 1.29 is 9.59 Å². The Morgan fingerprint density at radius 2 is 1.06 bits per heavy atom. The van der Waals surface area contributed by atoms with Gasteiger partial charge in [0, 0.05) is 44.0 Å². The molecule has 0 saturated carbocycles. The Balaban J connectivity index is 1.72. The standard InChI is InChI=1S/C32H20N2O2/c35-19-21-7-5-9-23(17-21)33-29-14-4-2-12-27(29)31-30(33)16-15-26-25-11-1-3-13-28(25)34(32(26)31)24-10-6-8-22(18-24)20-36/h1-20H. The van der Waals surface area contributed by atoms with Crippen molar-refractivity contribution in [3.05, 3.63) is 120 Å². The van der Waals surface area contributed by atoms with E-state index in [1.54, 1.807) is 0 Å². The van der Waals surface area contributed by atoms with Crippen molar-refractivity contribution in [1.82, 2.24) is 9.13 Å². The molecule has 0 aliphatic heterocycles. The third-order valence-electron chi connectivity index (χ3n) is 7.00. The van der Waals surface area contributed by atoms with E-state index < -0.39 is 0 Å². The van der Waals surface area contributed by atoms with Gasteiger partial charge in [0.2, 0.25) is 0 Å². The quantitative estimate of drug-likeness (QED) is 0.253. The van der Waals surface area contributed by atoms with Crippen LogP contribution in [0.25, 0.3) is 55.0 Å². The number of nitrogens with zero attached hydrogens (tertiary/aromatic N) is 2. The molecule has 0 saturated heterocycles. The predicted molar refractivity (Wildman–Crippen MR) is 146 cm³/mol. The molecule has 170 valence electrons. The lowest BCUT2D eigenvalue weighted by Gasteiger charge is -2.10. The molecular weight excluding hydrogens is 444 g/mol. The summed E-state index contributed by atoms with van der Waals surface area (Å²) >= 11 is 0. The zero-order valence-electron chi connectivity index (χ0n) is 19.3. The summed E-state index contributed by atoms with van der Waals surface area (Å²) in [4.78, 5) is 23.2. The second kappa shape index (κ2) is 7.79. The molecule has 7 rings (SSSR count). The summed E-state index contributed by atoms with van der Waals surface area (Å²) in [6.45, 7) is 0. The number of fused-ring (bicyclic) bond motifs is 7. The van der Waals surface area contributed by atoms with E-state index in [1.807, 2.05) is 60.7 Å². The second-order valence-electron chi connectivity index (χ2n) is 8.99. The number of carbonyl (C=O) groups is 2. The number of hydrogen-bond donors (Lipinski definition) is 0. The van der Waals surface area contributed by atoms with E-state index in [0.29, 0.717) is 11.1 Å². The summed E-state index contributed by atoms with van der Waals surface area (Å²) in [6.07, 6.45) is 1.77. The second-order valence-corrected chi connectivity index (χ2v) is 8.99. The number of hydrogen-bond acceptors (Lipinski definition) is 2. The Kier molecular flexibility index (Phi) is 4.42. The molecular formula is C32H20N2O2. The van der Waals surface area contributed by atoms with Crippen molar-refractivity contribution in [2.75, 3.05) is 0 Å². The maximum atomic E-state index is 11.6. The number of rotatable bonds is 4. The van der Waals surface area contributed by atoms with Gasteiger partial charge < -0.3 is 9.13 Å². The van der Waals surface area contributed by atoms with Crippen LogP contribution < -0.4 is 0 Å². The zero-order valence-corrected chi connectivity index (χ0v) is 19.3. The van der Waals surface area contributed by atoms with Gasteiger partial charge in [-0.3, -0.25) is 9.59 Å². The number of benzene rings is 5. The van der Waals surface area contributed by atoms with Crippen LogP contribution in [0.2, 0.25) is 0 Å². The molecule has 36 heavy (non-hydrogen) atoms. The number of para-hydroxylation sites is 2. The lowest BCUT2D eigenvalue weighted by atomic mass is 10.1. The average Bonchev–Trinajstić information content (AvgIpc) is 3.46. The van der Waals surface area contributed by atoms with E-state index in [-0.39, 0.29) is 0 Å². The van der Waals surface area contributed by atoms with Gasteiger partial charge >= 0.3 is 0 Å². The van der Waals surface area contributed by atoms with Gasteiger partial charge in [-0.05, 0) is 42.5 Å². The third kappa shape index (κ3) is 2.82. The lowest BCUT2D eigenvalue weighted by molar-refractivity contribution is 0.111. The molecule has 7 aromatic rings. The van der Waals surface area contributed by atoms with Crippen molar-refractivity contribution >= 4 is 56.2 Å². The van der Waals surface area contributed by atoms with Crippen molar-refractivity contribution in [2.45, 2.75) is 0 Å². The van der Waals surface area contributed by atoms with Crippen LogP contribution in [-0.4, -0.2) is 21.7 Å². The maximum Gasteiger partial charge on any atom is 0.150 e. The Morgan fingerprint density at radius 1 is 0.472 bits per heavy atom. The molecule has 0 radical (unpaired) electrons. The van der Waals surface area contributed by atoms with Crippen LogP contribution in [0.15, 0.2) is 109 Å². The molecule has 0 spiro atoms. The molecule has 0 fully saturated rings. The fourth-order valence-corrected chi connectivity index (χ4v) is 5.53. The average molecular weight is 465 g/mol. The van der Waals surface area contributed by atoms with E-state index in [0.717, 1.165) is 67.6 Å². The normalized spacial score (nSPS) is 11.6. The van der Waals surface area contributed by atoms with Crippen molar-refractivity contribution in [1.29, 1.82) is 0 Å². The Bertz CT molecular complexity index is 1990. The summed E-state index contributed by atoms with van der Waals surface area (Å²) in [5.74, 6) is 0. The molecule has 0 atom stereocenters. The molecule has 0 N–H and O–H groups in total. The highest BCUT2D eigenvalue weighted by atomic mass is 16.1. The van der Waals surface area contributed by atoms with Gasteiger partial charge in [0.1, 0.15) is 12.6 Å². The monoisotopic (exact) mass is 464 g/mol. The van der Waals surface area contributed by atoms with Crippen molar-refractivity contribution in [3.63, 3.8) is 0 Å². The highest BCUT2D eigenvalue weighted by molar-refractivity contribution is 6.26. The molecule has 2 aromatic heterocycles. The molecule has 5 aromatic carbocycles. The van der Waals surface area contributed by atoms with Crippen LogP contribution in [0.1, 0.15) is 20.7 Å². The van der Waals surface area contributed by atoms with Gasteiger partial charge in [-0.1, -0.05) is 66.7 Å². The minimum absolute atomic E-state index is 0.638. The summed E-state index contributed by atoms with van der Waals surface area (Å²) in [5.41, 5.74) is 7.47.